The number of carbonyl (C=O) groups excluding carboxylic acids is 1. The molecule has 164 valence electrons. The maximum Gasteiger partial charge on any atom is 0.269 e. The first-order valence-electron chi connectivity index (χ1n) is 10.5. The summed E-state index contributed by atoms with van der Waals surface area (Å²) >= 11 is 0. The van der Waals surface area contributed by atoms with Crippen molar-refractivity contribution in [2.45, 2.75) is 63.5 Å². The Balaban J connectivity index is 1.31. The first-order valence-corrected chi connectivity index (χ1v) is 12.4. The van der Waals surface area contributed by atoms with Gasteiger partial charge in [0.15, 0.2) is 0 Å². The number of fused-ring (bicyclic) bond motifs is 1. The highest BCUT2D eigenvalue weighted by molar-refractivity contribution is 7.92. The van der Waals surface area contributed by atoms with Crippen molar-refractivity contribution in [3.8, 4) is 0 Å². The normalized spacial score (nSPS) is 28.4. The Labute approximate surface area is 176 Å². The minimum absolute atomic E-state index is 0.117. The second kappa shape index (κ2) is 8.17. The van der Waals surface area contributed by atoms with Crippen LogP contribution >= 0.6 is 0 Å². The topological polar surface area (TPSA) is 96.9 Å². The zero-order valence-corrected chi connectivity index (χ0v) is 17.9. The molecule has 0 bridgehead atoms. The third kappa shape index (κ3) is 4.77. The van der Waals surface area contributed by atoms with Gasteiger partial charge in [0.25, 0.3) is 5.91 Å². The maximum absolute atomic E-state index is 14.1. The summed E-state index contributed by atoms with van der Waals surface area (Å²) in [6.07, 6.45) is 9.68. The molecule has 3 unspecified atom stereocenters. The number of amides is 1. The van der Waals surface area contributed by atoms with E-state index < -0.39 is 15.8 Å². The molecule has 2 N–H and O–H groups in total. The molecule has 2 saturated carbocycles. The van der Waals surface area contributed by atoms with Gasteiger partial charge in [-0.2, -0.15) is 0 Å². The van der Waals surface area contributed by atoms with Crippen LogP contribution in [-0.4, -0.2) is 31.9 Å². The number of benzene rings is 1. The Morgan fingerprint density at radius 1 is 1.27 bits per heavy atom. The van der Waals surface area contributed by atoms with Gasteiger partial charge < -0.3 is 10.2 Å². The van der Waals surface area contributed by atoms with Crippen molar-refractivity contribution in [1.82, 2.24) is 5.32 Å². The van der Waals surface area contributed by atoms with Crippen molar-refractivity contribution in [2.24, 2.45) is 17.0 Å². The average molecular weight is 438 g/mol. The summed E-state index contributed by atoms with van der Waals surface area (Å²) in [6.45, 7) is 0.117. The standard InChI is InChI=1S/C21H28FN3O4S/c1-30(27,28)25-18-7-6-14(10-17(18)22)13-23-20(26)19-12-21(29-24-19)9-8-15-4-2-3-5-16(15)11-21/h6-7,10,15-16,25H,2-5,8-9,11-13H2,1H3,(H,23,26). The van der Waals surface area contributed by atoms with Gasteiger partial charge in [0.1, 0.15) is 17.1 Å². The molecule has 1 aromatic rings. The summed E-state index contributed by atoms with van der Waals surface area (Å²) in [4.78, 5) is 18.4. The van der Waals surface area contributed by atoms with E-state index in [0.717, 1.165) is 31.4 Å². The molecular formula is C21H28FN3O4S. The molecule has 1 spiro atoms. The first kappa shape index (κ1) is 21.1. The number of nitrogens with zero attached hydrogens (tertiary/aromatic N) is 1. The highest BCUT2D eigenvalue weighted by Gasteiger charge is 2.47. The molecule has 1 aromatic carbocycles. The van der Waals surface area contributed by atoms with E-state index in [9.17, 15) is 17.6 Å². The summed E-state index contributed by atoms with van der Waals surface area (Å²) in [5, 5.41) is 6.85. The fourth-order valence-electron chi connectivity index (χ4n) is 5.08. The predicted molar refractivity (Wildman–Crippen MR) is 112 cm³/mol. The molecule has 2 aliphatic carbocycles. The Morgan fingerprint density at radius 2 is 2.03 bits per heavy atom. The minimum Gasteiger partial charge on any atom is -0.388 e. The first-order chi connectivity index (χ1) is 14.2. The average Bonchev–Trinajstić information content (AvgIpc) is 3.10. The molecule has 30 heavy (non-hydrogen) atoms. The van der Waals surface area contributed by atoms with Gasteiger partial charge in [0, 0.05) is 13.0 Å². The zero-order valence-electron chi connectivity index (χ0n) is 17.1. The lowest BCUT2D eigenvalue weighted by atomic mass is 9.65. The van der Waals surface area contributed by atoms with E-state index in [0.29, 0.717) is 23.6 Å². The Bertz CT molecular complexity index is 965. The van der Waals surface area contributed by atoms with Crippen LogP contribution in [0.3, 0.4) is 0 Å². The van der Waals surface area contributed by atoms with Gasteiger partial charge in [0.2, 0.25) is 10.0 Å². The van der Waals surface area contributed by atoms with E-state index in [2.05, 4.69) is 15.2 Å². The van der Waals surface area contributed by atoms with Crippen molar-refractivity contribution >= 4 is 27.3 Å². The number of hydrogen-bond acceptors (Lipinski definition) is 5. The molecule has 3 aliphatic rings. The molecular weight excluding hydrogens is 409 g/mol. The van der Waals surface area contributed by atoms with E-state index >= 15 is 0 Å². The number of hydrogen-bond donors (Lipinski definition) is 2. The van der Waals surface area contributed by atoms with E-state index in [1.165, 1.54) is 37.8 Å². The van der Waals surface area contributed by atoms with Gasteiger partial charge in [0.05, 0.1) is 11.9 Å². The molecule has 0 saturated heterocycles. The number of halogens is 1. The Morgan fingerprint density at radius 3 is 2.77 bits per heavy atom. The molecule has 3 atom stereocenters. The molecule has 1 amide bonds. The largest absolute Gasteiger partial charge is 0.388 e. The van der Waals surface area contributed by atoms with E-state index in [-0.39, 0.29) is 23.7 Å². The van der Waals surface area contributed by atoms with Crippen LogP contribution in [-0.2, 0) is 26.2 Å². The van der Waals surface area contributed by atoms with Crippen LogP contribution in [0, 0.1) is 17.7 Å². The number of anilines is 1. The van der Waals surface area contributed by atoms with Crippen LogP contribution in [0.4, 0.5) is 10.1 Å². The summed E-state index contributed by atoms with van der Waals surface area (Å²) in [5.41, 5.74) is 0.453. The molecule has 1 heterocycles. The van der Waals surface area contributed by atoms with Crippen molar-refractivity contribution in [3.05, 3.63) is 29.6 Å². The third-order valence-corrected chi connectivity index (χ3v) is 7.15. The van der Waals surface area contributed by atoms with Gasteiger partial charge in [-0.25, -0.2) is 12.8 Å². The van der Waals surface area contributed by atoms with Crippen LogP contribution in [0.2, 0.25) is 0 Å². The van der Waals surface area contributed by atoms with Crippen molar-refractivity contribution in [1.29, 1.82) is 0 Å². The smallest absolute Gasteiger partial charge is 0.269 e. The van der Waals surface area contributed by atoms with Crippen molar-refractivity contribution < 1.29 is 22.4 Å². The molecule has 4 rings (SSSR count). The molecule has 1 aliphatic heterocycles. The molecule has 2 fully saturated rings. The SMILES string of the molecule is CS(=O)(=O)Nc1ccc(CNC(=O)C2=NOC3(CCC4CCCCC4C3)C2)cc1F. The molecule has 0 radical (unpaired) electrons. The number of nitrogens with one attached hydrogen (secondary N) is 2. The molecule has 9 heteroatoms. The van der Waals surface area contributed by atoms with Gasteiger partial charge in [-0.1, -0.05) is 36.9 Å². The fourth-order valence-corrected chi connectivity index (χ4v) is 5.65. The maximum atomic E-state index is 14.1. The fraction of sp³-hybridized carbons (Fsp3) is 0.619. The number of oxime groups is 1. The second-order valence-corrected chi connectivity index (χ2v) is 10.7. The lowest BCUT2D eigenvalue weighted by molar-refractivity contribution is -0.115. The van der Waals surface area contributed by atoms with E-state index in [1.807, 2.05) is 0 Å². The van der Waals surface area contributed by atoms with Gasteiger partial charge in [-0.05, 0) is 48.8 Å². The minimum atomic E-state index is -3.56. The van der Waals surface area contributed by atoms with Crippen LogP contribution in [0.5, 0.6) is 0 Å². The van der Waals surface area contributed by atoms with Gasteiger partial charge in [-0.3, -0.25) is 9.52 Å². The predicted octanol–water partition coefficient (Wildman–Crippen LogP) is 3.32. The monoisotopic (exact) mass is 437 g/mol. The van der Waals surface area contributed by atoms with Crippen LogP contribution in [0.15, 0.2) is 23.4 Å². The molecule has 7 nitrogen and oxygen atoms in total. The van der Waals surface area contributed by atoms with Gasteiger partial charge >= 0.3 is 0 Å². The van der Waals surface area contributed by atoms with Crippen molar-refractivity contribution in [2.75, 3.05) is 11.0 Å². The highest BCUT2D eigenvalue weighted by atomic mass is 32.2. The summed E-state index contributed by atoms with van der Waals surface area (Å²) in [5.74, 6) is 0.460. The third-order valence-electron chi connectivity index (χ3n) is 6.55. The quantitative estimate of drug-likeness (QED) is 0.739. The van der Waals surface area contributed by atoms with E-state index in [4.69, 9.17) is 4.84 Å². The van der Waals surface area contributed by atoms with Gasteiger partial charge in [-0.15, -0.1) is 0 Å². The van der Waals surface area contributed by atoms with Crippen LogP contribution in [0.25, 0.3) is 0 Å². The Hall–Kier alpha value is -2.16. The lowest BCUT2D eigenvalue weighted by Gasteiger charge is -2.43. The summed E-state index contributed by atoms with van der Waals surface area (Å²) in [7, 11) is -3.56. The summed E-state index contributed by atoms with van der Waals surface area (Å²) < 4.78 is 38.7. The summed E-state index contributed by atoms with van der Waals surface area (Å²) in [6, 6.07) is 4.11. The second-order valence-electron chi connectivity index (χ2n) is 8.91. The van der Waals surface area contributed by atoms with Crippen molar-refractivity contribution in [3.63, 3.8) is 0 Å². The van der Waals surface area contributed by atoms with Crippen LogP contribution in [0.1, 0.15) is 56.9 Å². The number of sulfonamides is 1. The van der Waals surface area contributed by atoms with Crippen LogP contribution < -0.4 is 10.0 Å². The highest BCUT2D eigenvalue weighted by Crippen LogP contribution is 2.48. The number of rotatable bonds is 5. The lowest BCUT2D eigenvalue weighted by Crippen LogP contribution is -2.42. The zero-order chi connectivity index (χ0) is 21.4. The van der Waals surface area contributed by atoms with E-state index in [1.54, 1.807) is 6.07 Å². The number of carbonyl (C=O) groups is 1. The molecule has 0 aromatic heterocycles. The Kier molecular flexibility index (Phi) is 5.74.